The molecule has 0 fully saturated rings. The SMILES string of the molecule is CC(C)c1cc(-c2ccccc2)cc(C(C)C)c1-n1c(-c2[c-]ccc3c2Oc2ccccc2C3(C)C)nc2ccccc21.[Ir].[c-]1ccccc1-c1ccccn1. The smallest absolute Gasteiger partial charge is 0.118 e. The van der Waals surface area contributed by atoms with Crippen LogP contribution in [-0.2, 0) is 25.5 Å². The standard InChI is InChI=1S/C40H37N2O.C11H8N.Ir/c1-25(2)30-23-28(27-15-8-7-9-16-27)24-31(26(3)4)37(30)42-35-21-12-11-20-34(35)41-39(42)29-17-14-19-33-38(29)43-36-22-13-10-18-32(36)40(33,5)6;1-2-6-10(7-3-1)11-8-4-5-9-12-11;/h7-16,18-26H,1-6H3;1-6,8-9H;/q2*-1;. The molecule has 1 radical (unpaired) electrons. The second-order valence-corrected chi connectivity index (χ2v) is 15.2. The van der Waals surface area contributed by atoms with Crippen molar-refractivity contribution in [2.45, 2.75) is 58.8 Å². The van der Waals surface area contributed by atoms with Crippen molar-refractivity contribution < 1.29 is 24.8 Å². The first-order chi connectivity index (χ1) is 26.7. The number of hydrogen-bond donors (Lipinski definition) is 0. The topological polar surface area (TPSA) is 39.9 Å². The fourth-order valence-electron chi connectivity index (χ4n) is 7.69. The van der Waals surface area contributed by atoms with Crippen LogP contribution in [0.3, 0.4) is 0 Å². The molecule has 0 aliphatic carbocycles. The van der Waals surface area contributed by atoms with Gasteiger partial charge in [0, 0.05) is 48.7 Å². The van der Waals surface area contributed by atoms with Gasteiger partial charge in [0.2, 0.25) is 0 Å². The van der Waals surface area contributed by atoms with Gasteiger partial charge in [0.1, 0.15) is 5.75 Å². The Bertz CT molecular complexity index is 2530. The molecule has 0 N–H and O–H groups in total. The Hall–Kier alpha value is -5.61. The summed E-state index contributed by atoms with van der Waals surface area (Å²) in [5.41, 5.74) is 13.3. The molecule has 0 saturated heterocycles. The van der Waals surface area contributed by atoms with E-state index in [1.807, 2.05) is 54.6 Å². The molecule has 0 spiro atoms. The van der Waals surface area contributed by atoms with Crippen LogP contribution >= 0.6 is 0 Å². The maximum absolute atomic E-state index is 6.73. The van der Waals surface area contributed by atoms with Crippen LogP contribution in [0.5, 0.6) is 11.5 Å². The molecule has 2 aromatic heterocycles. The Morgan fingerprint density at radius 3 is 2.02 bits per heavy atom. The van der Waals surface area contributed by atoms with E-state index in [0.29, 0.717) is 11.8 Å². The number of nitrogens with zero attached hydrogens (tertiary/aromatic N) is 3. The van der Waals surface area contributed by atoms with Gasteiger partial charge in [-0.3, -0.25) is 4.98 Å². The minimum atomic E-state index is -0.228. The summed E-state index contributed by atoms with van der Waals surface area (Å²) in [5, 5.41) is 0. The normalized spacial score (nSPS) is 12.6. The average molecular weight is 908 g/mol. The van der Waals surface area contributed by atoms with E-state index in [9.17, 15) is 0 Å². The van der Waals surface area contributed by atoms with Gasteiger partial charge in [0.25, 0.3) is 0 Å². The number of benzene rings is 6. The van der Waals surface area contributed by atoms with Crippen molar-refractivity contribution in [3.05, 3.63) is 186 Å². The largest absolute Gasteiger partial charge is 0.501 e. The first-order valence-electron chi connectivity index (χ1n) is 19.1. The molecule has 0 unspecified atom stereocenters. The minimum Gasteiger partial charge on any atom is -0.501 e. The second-order valence-electron chi connectivity index (χ2n) is 15.2. The number of pyridine rings is 1. The van der Waals surface area contributed by atoms with Gasteiger partial charge >= 0.3 is 0 Å². The quantitative estimate of drug-likeness (QED) is 0.156. The van der Waals surface area contributed by atoms with Crippen LogP contribution in [-0.4, -0.2) is 14.5 Å². The summed E-state index contributed by atoms with van der Waals surface area (Å²) in [5.74, 6) is 3.16. The van der Waals surface area contributed by atoms with Gasteiger partial charge in [0.05, 0.1) is 16.9 Å². The summed E-state index contributed by atoms with van der Waals surface area (Å²) in [6.45, 7) is 13.7. The zero-order chi connectivity index (χ0) is 38.1. The van der Waals surface area contributed by atoms with Crippen LogP contribution in [0.2, 0.25) is 0 Å². The molecule has 1 aliphatic heterocycles. The van der Waals surface area contributed by atoms with E-state index in [0.717, 1.165) is 50.7 Å². The molecule has 0 bridgehead atoms. The van der Waals surface area contributed by atoms with Gasteiger partial charge in [-0.05, 0) is 76.2 Å². The number of hydrogen-bond acceptors (Lipinski definition) is 3. The number of para-hydroxylation sites is 3. The maximum Gasteiger partial charge on any atom is 0.118 e. The van der Waals surface area contributed by atoms with E-state index in [4.69, 9.17) is 9.72 Å². The maximum atomic E-state index is 6.73. The van der Waals surface area contributed by atoms with E-state index in [-0.39, 0.29) is 25.5 Å². The van der Waals surface area contributed by atoms with Crippen molar-refractivity contribution in [1.29, 1.82) is 0 Å². The summed E-state index contributed by atoms with van der Waals surface area (Å²) < 4.78 is 9.11. The summed E-state index contributed by atoms with van der Waals surface area (Å²) >= 11 is 0. The van der Waals surface area contributed by atoms with Gasteiger partial charge in [-0.25, -0.2) is 0 Å². The summed E-state index contributed by atoms with van der Waals surface area (Å²) in [7, 11) is 0. The number of rotatable bonds is 6. The first-order valence-corrected chi connectivity index (χ1v) is 19.1. The van der Waals surface area contributed by atoms with Crippen molar-refractivity contribution in [3.8, 4) is 51.0 Å². The third kappa shape index (κ3) is 7.25. The van der Waals surface area contributed by atoms with E-state index >= 15 is 0 Å². The van der Waals surface area contributed by atoms with Crippen molar-refractivity contribution in [1.82, 2.24) is 14.5 Å². The molecule has 281 valence electrons. The molecule has 0 atom stereocenters. The molecule has 9 rings (SSSR count). The fourth-order valence-corrected chi connectivity index (χ4v) is 7.69. The molecule has 8 aromatic rings. The average Bonchev–Trinajstić information content (AvgIpc) is 3.60. The van der Waals surface area contributed by atoms with Crippen LogP contribution in [0.15, 0.2) is 152 Å². The van der Waals surface area contributed by atoms with E-state index in [2.05, 4.69) is 154 Å². The van der Waals surface area contributed by atoms with Gasteiger partial charge in [-0.2, -0.15) is 0 Å². The number of imidazole rings is 1. The monoisotopic (exact) mass is 908 g/mol. The predicted molar refractivity (Wildman–Crippen MR) is 226 cm³/mol. The zero-order valence-electron chi connectivity index (χ0n) is 32.7. The molecular formula is C51H45IrN3O-2. The molecule has 0 amide bonds. The molecule has 4 nitrogen and oxygen atoms in total. The first kappa shape index (κ1) is 38.7. The molecule has 0 saturated carbocycles. The Labute approximate surface area is 344 Å². The van der Waals surface area contributed by atoms with Crippen LogP contribution in [0.25, 0.3) is 50.5 Å². The van der Waals surface area contributed by atoms with Gasteiger partial charge in [0.15, 0.2) is 0 Å². The fraction of sp³-hybridized carbons (Fsp3) is 0.176. The summed E-state index contributed by atoms with van der Waals surface area (Å²) in [4.78, 5) is 9.52. The van der Waals surface area contributed by atoms with Crippen LogP contribution in [0.4, 0.5) is 0 Å². The van der Waals surface area contributed by atoms with Crippen LogP contribution in [0, 0.1) is 12.1 Å². The van der Waals surface area contributed by atoms with Crippen LogP contribution < -0.4 is 4.74 Å². The van der Waals surface area contributed by atoms with E-state index < -0.39 is 0 Å². The zero-order valence-corrected chi connectivity index (χ0v) is 35.1. The second kappa shape index (κ2) is 16.2. The van der Waals surface area contributed by atoms with E-state index in [1.165, 1.54) is 33.5 Å². The molecule has 56 heavy (non-hydrogen) atoms. The Balaban J connectivity index is 0.000000315. The predicted octanol–water partition coefficient (Wildman–Crippen LogP) is 13.4. The van der Waals surface area contributed by atoms with E-state index in [1.54, 1.807) is 6.20 Å². The molecular weight excluding hydrogens is 863 g/mol. The summed E-state index contributed by atoms with van der Waals surface area (Å²) in [6, 6.07) is 56.8. The third-order valence-electron chi connectivity index (χ3n) is 10.6. The van der Waals surface area contributed by atoms with Crippen molar-refractivity contribution in [2.24, 2.45) is 0 Å². The number of aromatic nitrogens is 3. The molecule has 1 aliphatic rings. The van der Waals surface area contributed by atoms with Crippen LogP contribution in [0.1, 0.15) is 75.6 Å². The Morgan fingerprint density at radius 2 is 1.32 bits per heavy atom. The third-order valence-corrected chi connectivity index (χ3v) is 10.6. The minimum absolute atomic E-state index is 0. The Kier molecular flexibility index (Phi) is 11.2. The van der Waals surface area contributed by atoms with Crippen molar-refractivity contribution in [2.75, 3.05) is 0 Å². The van der Waals surface area contributed by atoms with Gasteiger partial charge < -0.3 is 14.3 Å². The van der Waals surface area contributed by atoms with Gasteiger partial charge in [-0.1, -0.05) is 125 Å². The van der Waals surface area contributed by atoms with Gasteiger partial charge in [-0.15, -0.1) is 54.1 Å². The Morgan fingerprint density at radius 1 is 0.643 bits per heavy atom. The van der Waals surface area contributed by atoms with Crippen molar-refractivity contribution >= 4 is 11.0 Å². The molecule has 3 heterocycles. The molecule has 6 aromatic carbocycles. The number of ether oxygens (including phenoxy) is 1. The molecule has 5 heteroatoms. The number of fused-ring (bicyclic) bond motifs is 3. The summed E-state index contributed by atoms with van der Waals surface area (Å²) in [6.07, 6.45) is 1.79. The van der Waals surface area contributed by atoms with Crippen molar-refractivity contribution in [3.63, 3.8) is 0 Å².